The Morgan fingerprint density at radius 2 is 2.08 bits per heavy atom. The van der Waals surface area contributed by atoms with Crippen molar-refractivity contribution in [2.75, 3.05) is 5.33 Å². The molecule has 0 spiro atoms. The molecule has 0 aliphatic rings. The fourth-order valence-corrected chi connectivity index (χ4v) is 1.63. The second kappa shape index (κ2) is 4.47. The van der Waals surface area contributed by atoms with Crippen molar-refractivity contribution in [2.45, 2.75) is 6.10 Å². The predicted molar refractivity (Wildman–Crippen MR) is 55.2 cm³/mol. The SMILES string of the molecule is OC(CBr)c1cc(Cl)ccc1Cl. The summed E-state index contributed by atoms with van der Waals surface area (Å²) >= 11 is 14.7. The van der Waals surface area contributed by atoms with Crippen LogP contribution in [0.4, 0.5) is 0 Å². The summed E-state index contributed by atoms with van der Waals surface area (Å²) in [5.41, 5.74) is 0.654. The molecular formula is C8H7BrCl2O. The normalized spacial score (nSPS) is 13.0. The Balaban J connectivity index is 3.04. The Bertz CT molecular complexity index is 278. The molecule has 0 aliphatic heterocycles. The van der Waals surface area contributed by atoms with Gasteiger partial charge in [-0.1, -0.05) is 39.1 Å². The summed E-state index contributed by atoms with van der Waals surface area (Å²) in [4.78, 5) is 0. The minimum atomic E-state index is -0.601. The quantitative estimate of drug-likeness (QED) is 0.816. The molecule has 1 N–H and O–H groups in total. The zero-order valence-electron chi connectivity index (χ0n) is 6.10. The lowest BCUT2D eigenvalue weighted by atomic mass is 10.1. The smallest absolute Gasteiger partial charge is 0.0901 e. The lowest BCUT2D eigenvalue weighted by Gasteiger charge is -2.09. The largest absolute Gasteiger partial charge is 0.387 e. The van der Waals surface area contributed by atoms with Gasteiger partial charge in [0.05, 0.1) is 6.10 Å². The molecule has 0 aliphatic carbocycles. The molecule has 0 fully saturated rings. The molecule has 0 aromatic heterocycles. The van der Waals surface area contributed by atoms with Crippen LogP contribution < -0.4 is 0 Å². The van der Waals surface area contributed by atoms with E-state index in [0.717, 1.165) is 0 Å². The molecule has 0 saturated heterocycles. The molecule has 1 unspecified atom stereocenters. The number of hydrogen-bond donors (Lipinski definition) is 1. The van der Waals surface area contributed by atoms with Crippen molar-refractivity contribution in [3.63, 3.8) is 0 Å². The van der Waals surface area contributed by atoms with Crippen LogP contribution in [0.2, 0.25) is 10.0 Å². The van der Waals surface area contributed by atoms with Gasteiger partial charge in [0.2, 0.25) is 0 Å². The average Bonchev–Trinajstić information content (AvgIpc) is 2.08. The van der Waals surface area contributed by atoms with Gasteiger partial charge in [-0.2, -0.15) is 0 Å². The highest BCUT2D eigenvalue weighted by Gasteiger charge is 2.09. The van der Waals surface area contributed by atoms with E-state index in [4.69, 9.17) is 23.2 Å². The first-order valence-electron chi connectivity index (χ1n) is 3.34. The van der Waals surface area contributed by atoms with Crippen molar-refractivity contribution in [3.8, 4) is 0 Å². The van der Waals surface area contributed by atoms with Gasteiger partial charge >= 0.3 is 0 Å². The van der Waals surface area contributed by atoms with Crippen molar-refractivity contribution in [3.05, 3.63) is 33.8 Å². The summed E-state index contributed by atoms with van der Waals surface area (Å²) in [5.74, 6) is 0. The van der Waals surface area contributed by atoms with E-state index in [1.807, 2.05) is 0 Å². The first-order chi connectivity index (χ1) is 5.65. The van der Waals surface area contributed by atoms with Gasteiger partial charge in [0.25, 0.3) is 0 Å². The zero-order valence-corrected chi connectivity index (χ0v) is 9.20. The van der Waals surface area contributed by atoms with Crippen molar-refractivity contribution < 1.29 is 5.11 Å². The van der Waals surface area contributed by atoms with Gasteiger partial charge in [0.1, 0.15) is 0 Å². The minimum absolute atomic E-state index is 0.451. The Morgan fingerprint density at radius 3 is 2.67 bits per heavy atom. The lowest BCUT2D eigenvalue weighted by Crippen LogP contribution is -1.98. The molecular weight excluding hydrogens is 263 g/mol. The Morgan fingerprint density at radius 1 is 1.42 bits per heavy atom. The molecule has 1 aromatic carbocycles. The molecule has 1 aromatic rings. The van der Waals surface area contributed by atoms with E-state index >= 15 is 0 Å². The molecule has 0 amide bonds. The van der Waals surface area contributed by atoms with Gasteiger partial charge in [-0.15, -0.1) is 0 Å². The summed E-state index contributed by atoms with van der Waals surface area (Å²) in [6, 6.07) is 5.02. The molecule has 12 heavy (non-hydrogen) atoms. The standard InChI is InChI=1S/C8H7BrCl2O/c9-4-8(12)6-3-5(10)1-2-7(6)11/h1-3,8,12H,4H2. The van der Waals surface area contributed by atoms with Crippen LogP contribution in [0.3, 0.4) is 0 Å². The minimum Gasteiger partial charge on any atom is -0.387 e. The van der Waals surface area contributed by atoms with Crippen LogP contribution in [0, 0.1) is 0 Å². The van der Waals surface area contributed by atoms with E-state index in [9.17, 15) is 5.11 Å². The number of aliphatic hydroxyl groups is 1. The first kappa shape index (κ1) is 10.3. The molecule has 66 valence electrons. The highest BCUT2D eigenvalue weighted by molar-refractivity contribution is 9.09. The van der Waals surface area contributed by atoms with E-state index in [0.29, 0.717) is 20.9 Å². The Kier molecular flexibility index (Phi) is 3.84. The predicted octanol–water partition coefficient (Wildman–Crippen LogP) is 3.42. The summed E-state index contributed by atoms with van der Waals surface area (Å²) in [7, 11) is 0. The first-order valence-corrected chi connectivity index (χ1v) is 5.22. The highest BCUT2D eigenvalue weighted by Crippen LogP contribution is 2.27. The van der Waals surface area contributed by atoms with E-state index in [1.165, 1.54) is 0 Å². The molecule has 1 atom stereocenters. The summed E-state index contributed by atoms with van der Waals surface area (Å²) < 4.78 is 0. The van der Waals surface area contributed by atoms with E-state index in [2.05, 4.69) is 15.9 Å². The number of hydrogen-bond acceptors (Lipinski definition) is 1. The zero-order chi connectivity index (χ0) is 9.14. The van der Waals surface area contributed by atoms with Crippen molar-refractivity contribution in [1.82, 2.24) is 0 Å². The molecule has 4 heteroatoms. The van der Waals surface area contributed by atoms with E-state index in [-0.39, 0.29) is 0 Å². The maximum absolute atomic E-state index is 9.44. The topological polar surface area (TPSA) is 20.2 Å². The van der Waals surface area contributed by atoms with Gasteiger partial charge in [-0.05, 0) is 18.2 Å². The van der Waals surface area contributed by atoms with Crippen LogP contribution in [-0.2, 0) is 0 Å². The van der Waals surface area contributed by atoms with Crippen molar-refractivity contribution >= 4 is 39.1 Å². The number of rotatable bonds is 2. The van der Waals surface area contributed by atoms with Gasteiger partial charge < -0.3 is 5.11 Å². The van der Waals surface area contributed by atoms with Gasteiger partial charge in [-0.3, -0.25) is 0 Å². The van der Waals surface area contributed by atoms with Crippen molar-refractivity contribution in [2.24, 2.45) is 0 Å². The number of alkyl halides is 1. The summed E-state index contributed by atoms with van der Waals surface area (Å²) in [6.07, 6.45) is -0.601. The molecule has 0 radical (unpaired) electrons. The molecule has 1 nitrogen and oxygen atoms in total. The number of aliphatic hydroxyl groups excluding tert-OH is 1. The maximum atomic E-state index is 9.44. The second-order valence-corrected chi connectivity index (χ2v) is 3.83. The summed E-state index contributed by atoms with van der Waals surface area (Å²) in [5, 5.41) is 11.0. The number of benzene rings is 1. The molecule has 0 bridgehead atoms. The van der Waals surface area contributed by atoms with Crippen LogP contribution in [0.15, 0.2) is 18.2 Å². The third-order valence-electron chi connectivity index (χ3n) is 1.46. The van der Waals surface area contributed by atoms with Crippen LogP contribution in [0.5, 0.6) is 0 Å². The fourth-order valence-electron chi connectivity index (χ4n) is 0.853. The van der Waals surface area contributed by atoms with E-state index < -0.39 is 6.10 Å². The fraction of sp³-hybridized carbons (Fsp3) is 0.250. The van der Waals surface area contributed by atoms with Crippen LogP contribution in [0.1, 0.15) is 11.7 Å². The van der Waals surface area contributed by atoms with Crippen LogP contribution in [-0.4, -0.2) is 10.4 Å². The van der Waals surface area contributed by atoms with E-state index in [1.54, 1.807) is 18.2 Å². The van der Waals surface area contributed by atoms with Gasteiger partial charge in [0, 0.05) is 20.9 Å². The van der Waals surface area contributed by atoms with Crippen molar-refractivity contribution in [1.29, 1.82) is 0 Å². The number of halogens is 3. The van der Waals surface area contributed by atoms with Gasteiger partial charge in [-0.25, -0.2) is 0 Å². The summed E-state index contributed by atoms with van der Waals surface area (Å²) in [6.45, 7) is 0. The Hall–Kier alpha value is 0.240. The van der Waals surface area contributed by atoms with Gasteiger partial charge in [0.15, 0.2) is 0 Å². The third kappa shape index (κ3) is 2.36. The molecule has 0 saturated carbocycles. The third-order valence-corrected chi connectivity index (χ3v) is 2.66. The maximum Gasteiger partial charge on any atom is 0.0901 e. The highest BCUT2D eigenvalue weighted by atomic mass is 79.9. The average molecular weight is 270 g/mol. The van der Waals surface area contributed by atoms with Crippen LogP contribution in [0.25, 0.3) is 0 Å². The monoisotopic (exact) mass is 268 g/mol. The Labute approximate surface area is 89.4 Å². The lowest BCUT2D eigenvalue weighted by molar-refractivity contribution is 0.205. The molecule has 0 heterocycles. The molecule has 1 rings (SSSR count). The second-order valence-electron chi connectivity index (χ2n) is 2.34. The van der Waals surface area contributed by atoms with Crippen LogP contribution >= 0.6 is 39.1 Å².